The van der Waals surface area contributed by atoms with E-state index in [1.807, 2.05) is 0 Å². The van der Waals surface area contributed by atoms with E-state index in [1.54, 1.807) is 18.2 Å². The minimum Gasteiger partial charge on any atom is -0.489 e. The molecule has 1 heterocycles. The minimum atomic E-state index is -0.116. The molecule has 1 aromatic carbocycles. The zero-order valence-electron chi connectivity index (χ0n) is 11.4. The van der Waals surface area contributed by atoms with Crippen molar-refractivity contribution in [1.29, 1.82) is 0 Å². The van der Waals surface area contributed by atoms with Crippen LogP contribution in [0, 0.1) is 0 Å². The molecule has 0 saturated carbocycles. The highest BCUT2D eigenvalue weighted by Gasteiger charge is 2.25. The van der Waals surface area contributed by atoms with Crippen LogP contribution in [0.4, 0.5) is 0 Å². The number of halogens is 2. The first-order valence-corrected chi connectivity index (χ1v) is 7.40. The van der Waals surface area contributed by atoms with Crippen LogP contribution in [0.2, 0.25) is 10.0 Å². The van der Waals surface area contributed by atoms with Crippen LogP contribution < -0.4 is 4.74 Å². The molecule has 6 heteroatoms. The topological polar surface area (TPSA) is 41.9 Å². The average molecular weight is 320 g/mol. The van der Waals surface area contributed by atoms with Gasteiger partial charge in [-0.05, 0) is 19.1 Å². The van der Waals surface area contributed by atoms with Crippen molar-refractivity contribution in [2.75, 3.05) is 32.9 Å². The molecule has 0 amide bonds. The van der Waals surface area contributed by atoms with Gasteiger partial charge in [0.05, 0.1) is 29.4 Å². The molecule has 1 N–H and O–H groups in total. The van der Waals surface area contributed by atoms with E-state index in [9.17, 15) is 0 Å². The third-order valence-electron chi connectivity index (χ3n) is 3.38. The Kier molecular flexibility index (Phi) is 5.93. The predicted molar refractivity (Wildman–Crippen MR) is 79.8 cm³/mol. The van der Waals surface area contributed by atoms with Gasteiger partial charge in [-0.15, -0.1) is 0 Å². The molecule has 1 aromatic rings. The first-order chi connectivity index (χ1) is 9.61. The molecule has 2 atom stereocenters. The van der Waals surface area contributed by atoms with Gasteiger partial charge in [-0.25, -0.2) is 0 Å². The molecule has 0 aliphatic carbocycles. The number of benzene rings is 1. The van der Waals surface area contributed by atoms with Crippen LogP contribution >= 0.6 is 23.2 Å². The Labute approximate surface area is 129 Å². The molecular formula is C14H19Cl2NO3. The fourth-order valence-electron chi connectivity index (χ4n) is 2.18. The number of morpholine rings is 1. The second-order valence-electron chi connectivity index (χ2n) is 4.88. The monoisotopic (exact) mass is 319 g/mol. The number of hydrogen-bond acceptors (Lipinski definition) is 4. The minimum absolute atomic E-state index is 0.0421. The Balaban J connectivity index is 1.86. The Morgan fingerprint density at radius 1 is 1.40 bits per heavy atom. The molecule has 1 fully saturated rings. The number of aliphatic hydroxyl groups excluding tert-OH is 1. The zero-order chi connectivity index (χ0) is 14.5. The van der Waals surface area contributed by atoms with E-state index in [4.69, 9.17) is 37.8 Å². The lowest BCUT2D eigenvalue weighted by molar-refractivity contribution is -0.0798. The van der Waals surface area contributed by atoms with Gasteiger partial charge in [0, 0.05) is 19.1 Å². The molecular weight excluding hydrogens is 301 g/mol. The maximum absolute atomic E-state index is 9.15. The van der Waals surface area contributed by atoms with Gasteiger partial charge in [-0.2, -0.15) is 0 Å². The van der Waals surface area contributed by atoms with Gasteiger partial charge < -0.3 is 14.6 Å². The highest BCUT2D eigenvalue weighted by Crippen LogP contribution is 2.32. The summed E-state index contributed by atoms with van der Waals surface area (Å²) in [5, 5.41) is 10.2. The van der Waals surface area contributed by atoms with Gasteiger partial charge in [0.1, 0.15) is 6.61 Å². The summed E-state index contributed by atoms with van der Waals surface area (Å²) in [5.74, 6) is 0.524. The van der Waals surface area contributed by atoms with Crippen LogP contribution in [0.25, 0.3) is 0 Å². The number of rotatable bonds is 5. The van der Waals surface area contributed by atoms with Gasteiger partial charge in [-0.3, -0.25) is 4.90 Å². The quantitative estimate of drug-likeness (QED) is 0.905. The van der Waals surface area contributed by atoms with Gasteiger partial charge in [0.2, 0.25) is 0 Å². The standard InChI is InChI=1S/C14H19Cl2NO3/c1-10-9-20-11(8-18)7-17(10)5-6-19-14-12(15)3-2-4-13(14)16/h2-4,10-11,18H,5-9H2,1H3. The Bertz CT molecular complexity index is 424. The first-order valence-electron chi connectivity index (χ1n) is 6.65. The van der Waals surface area contributed by atoms with Crippen LogP contribution in [0.5, 0.6) is 5.75 Å². The molecule has 112 valence electrons. The van der Waals surface area contributed by atoms with Crippen molar-refractivity contribution in [3.63, 3.8) is 0 Å². The van der Waals surface area contributed by atoms with Gasteiger partial charge in [-0.1, -0.05) is 29.3 Å². The van der Waals surface area contributed by atoms with Crippen LogP contribution in [0.3, 0.4) is 0 Å². The molecule has 2 unspecified atom stereocenters. The summed E-state index contributed by atoms with van der Waals surface area (Å²) >= 11 is 12.1. The van der Waals surface area contributed by atoms with Crippen LogP contribution in [-0.2, 0) is 4.74 Å². The lowest BCUT2D eigenvalue weighted by Gasteiger charge is -2.37. The maximum atomic E-state index is 9.15. The first kappa shape index (κ1) is 15.9. The lowest BCUT2D eigenvalue weighted by atomic mass is 10.2. The SMILES string of the molecule is CC1COC(CO)CN1CCOc1c(Cl)cccc1Cl. The lowest BCUT2D eigenvalue weighted by Crippen LogP contribution is -2.50. The van der Waals surface area contributed by atoms with Crippen molar-refractivity contribution in [2.24, 2.45) is 0 Å². The number of nitrogens with zero attached hydrogens (tertiary/aromatic N) is 1. The van der Waals surface area contributed by atoms with E-state index in [0.29, 0.717) is 41.6 Å². The Morgan fingerprint density at radius 2 is 2.10 bits per heavy atom. The Morgan fingerprint density at radius 3 is 2.75 bits per heavy atom. The summed E-state index contributed by atoms with van der Waals surface area (Å²) in [5.41, 5.74) is 0. The van der Waals surface area contributed by atoms with Crippen molar-refractivity contribution in [3.05, 3.63) is 28.2 Å². The fourth-order valence-corrected chi connectivity index (χ4v) is 2.69. The van der Waals surface area contributed by atoms with Crippen LogP contribution in [0.15, 0.2) is 18.2 Å². The normalized spacial score (nSPS) is 23.8. The smallest absolute Gasteiger partial charge is 0.156 e. The van der Waals surface area contributed by atoms with Gasteiger partial charge in [0.25, 0.3) is 0 Å². The second kappa shape index (κ2) is 7.48. The van der Waals surface area contributed by atoms with Gasteiger partial charge >= 0.3 is 0 Å². The Hall–Kier alpha value is -0.520. The maximum Gasteiger partial charge on any atom is 0.156 e. The largest absolute Gasteiger partial charge is 0.489 e. The molecule has 4 nitrogen and oxygen atoms in total. The molecule has 1 aliphatic rings. The van der Waals surface area contributed by atoms with Crippen molar-refractivity contribution in [1.82, 2.24) is 4.90 Å². The number of para-hydroxylation sites is 1. The van der Waals surface area contributed by atoms with E-state index in [1.165, 1.54) is 0 Å². The third kappa shape index (κ3) is 3.99. The molecule has 1 aliphatic heterocycles. The highest BCUT2D eigenvalue weighted by atomic mass is 35.5. The third-order valence-corrected chi connectivity index (χ3v) is 3.98. The zero-order valence-corrected chi connectivity index (χ0v) is 12.9. The highest BCUT2D eigenvalue weighted by molar-refractivity contribution is 6.37. The van der Waals surface area contributed by atoms with Crippen molar-refractivity contribution in [3.8, 4) is 5.75 Å². The van der Waals surface area contributed by atoms with Crippen molar-refractivity contribution in [2.45, 2.75) is 19.1 Å². The summed E-state index contributed by atoms with van der Waals surface area (Å²) < 4.78 is 11.2. The van der Waals surface area contributed by atoms with E-state index in [2.05, 4.69) is 11.8 Å². The van der Waals surface area contributed by atoms with Gasteiger partial charge in [0.15, 0.2) is 5.75 Å². The molecule has 1 saturated heterocycles. The average Bonchev–Trinajstić information content (AvgIpc) is 2.44. The predicted octanol–water partition coefficient (Wildman–Crippen LogP) is 2.45. The second-order valence-corrected chi connectivity index (χ2v) is 5.70. The molecule has 0 bridgehead atoms. The van der Waals surface area contributed by atoms with Crippen molar-refractivity contribution < 1.29 is 14.6 Å². The summed E-state index contributed by atoms with van der Waals surface area (Å²) in [4.78, 5) is 2.23. The summed E-state index contributed by atoms with van der Waals surface area (Å²) in [6.45, 7) is 4.69. The summed E-state index contributed by atoms with van der Waals surface area (Å²) in [7, 11) is 0. The van der Waals surface area contributed by atoms with E-state index in [0.717, 1.165) is 6.54 Å². The van der Waals surface area contributed by atoms with E-state index >= 15 is 0 Å². The molecule has 0 radical (unpaired) electrons. The summed E-state index contributed by atoms with van der Waals surface area (Å²) in [6.07, 6.45) is -0.116. The molecule has 20 heavy (non-hydrogen) atoms. The fraction of sp³-hybridized carbons (Fsp3) is 0.571. The van der Waals surface area contributed by atoms with Crippen LogP contribution in [0.1, 0.15) is 6.92 Å². The number of aliphatic hydroxyl groups is 1. The number of hydrogen-bond donors (Lipinski definition) is 1. The molecule has 0 aromatic heterocycles. The molecule has 2 rings (SSSR count). The molecule has 0 spiro atoms. The van der Waals surface area contributed by atoms with Crippen LogP contribution in [-0.4, -0.2) is 55.1 Å². The number of ether oxygens (including phenoxy) is 2. The van der Waals surface area contributed by atoms with E-state index in [-0.39, 0.29) is 12.7 Å². The van der Waals surface area contributed by atoms with Crippen molar-refractivity contribution >= 4 is 23.2 Å². The summed E-state index contributed by atoms with van der Waals surface area (Å²) in [6, 6.07) is 5.60. The van der Waals surface area contributed by atoms with E-state index < -0.39 is 0 Å².